The SMILES string of the molecule is CC(C)(C)OC(=O)N1CCCC1C1(C)CCNC1. The molecule has 2 heterocycles. The zero-order chi connectivity index (χ0) is 13.4. The lowest BCUT2D eigenvalue weighted by Crippen LogP contribution is -2.48. The fourth-order valence-corrected chi connectivity index (χ4v) is 3.15. The predicted octanol–water partition coefficient (Wildman–Crippen LogP) is 2.39. The minimum Gasteiger partial charge on any atom is -0.444 e. The molecule has 2 aliphatic rings. The first-order chi connectivity index (χ1) is 8.32. The number of likely N-dealkylation sites (tertiary alicyclic amines) is 1. The summed E-state index contributed by atoms with van der Waals surface area (Å²) < 4.78 is 5.52. The van der Waals surface area contributed by atoms with E-state index in [2.05, 4.69) is 12.2 Å². The molecule has 0 aromatic carbocycles. The molecule has 1 N–H and O–H groups in total. The van der Waals surface area contributed by atoms with Gasteiger partial charge in [-0.2, -0.15) is 0 Å². The van der Waals surface area contributed by atoms with Crippen molar-refractivity contribution < 1.29 is 9.53 Å². The van der Waals surface area contributed by atoms with E-state index in [4.69, 9.17) is 4.74 Å². The molecular formula is C14H26N2O2. The Balaban J connectivity index is 2.05. The fourth-order valence-electron chi connectivity index (χ4n) is 3.15. The average Bonchev–Trinajstić information content (AvgIpc) is 2.82. The number of carbonyl (C=O) groups is 1. The summed E-state index contributed by atoms with van der Waals surface area (Å²) in [6.45, 7) is 11.0. The van der Waals surface area contributed by atoms with Gasteiger partial charge in [-0.05, 0) is 46.6 Å². The van der Waals surface area contributed by atoms with Crippen LogP contribution in [0.15, 0.2) is 0 Å². The maximum absolute atomic E-state index is 12.3. The molecular weight excluding hydrogens is 228 g/mol. The van der Waals surface area contributed by atoms with Gasteiger partial charge < -0.3 is 15.0 Å². The molecule has 0 aliphatic carbocycles. The van der Waals surface area contributed by atoms with Crippen LogP contribution in [0, 0.1) is 5.41 Å². The maximum atomic E-state index is 12.3. The summed E-state index contributed by atoms with van der Waals surface area (Å²) in [5.41, 5.74) is -0.188. The summed E-state index contributed by atoms with van der Waals surface area (Å²) in [5, 5.41) is 3.42. The molecule has 2 rings (SSSR count). The van der Waals surface area contributed by atoms with Gasteiger partial charge in [-0.1, -0.05) is 6.92 Å². The number of carbonyl (C=O) groups excluding carboxylic acids is 1. The van der Waals surface area contributed by atoms with Gasteiger partial charge in [0.05, 0.1) is 0 Å². The molecule has 2 aliphatic heterocycles. The molecule has 0 bridgehead atoms. The standard InChI is InChI=1S/C14H26N2O2/c1-13(2,3)18-12(17)16-9-5-6-11(16)14(4)7-8-15-10-14/h11,15H,5-10H2,1-4H3. The second-order valence-electron chi connectivity index (χ2n) is 6.91. The highest BCUT2D eigenvalue weighted by Crippen LogP contribution is 2.38. The van der Waals surface area contributed by atoms with Crippen molar-refractivity contribution >= 4 is 6.09 Å². The number of nitrogens with one attached hydrogen (secondary N) is 1. The van der Waals surface area contributed by atoms with Gasteiger partial charge in [-0.25, -0.2) is 4.79 Å². The van der Waals surface area contributed by atoms with Crippen molar-refractivity contribution in [3.63, 3.8) is 0 Å². The molecule has 0 spiro atoms. The molecule has 0 radical (unpaired) electrons. The summed E-state index contributed by atoms with van der Waals surface area (Å²) in [5.74, 6) is 0. The highest BCUT2D eigenvalue weighted by molar-refractivity contribution is 5.69. The first-order valence-corrected chi connectivity index (χ1v) is 7.02. The lowest BCUT2D eigenvalue weighted by Gasteiger charge is -2.37. The Bertz CT molecular complexity index is 316. The van der Waals surface area contributed by atoms with Crippen molar-refractivity contribution in [1.82, 2.24) is 10.2 Å². The second kappa shape index (κ2) is 4.72. The van der Waals surface area contributed by atoms with Crippen LogP contribution in [0.3, 0.4) is 0 Å². The van der Waals surface area contributed by atoms with E-state index in [-0.39, 0.29) is 11.5 Å². The highest BCUT2D eigenvalue weighted by Gasteiger charge is 2.45. The highest BCUT2D eigenvalue weighted by atomic mass is 16.6. The Hall–Kier alpha value is -0.770. The van der Waals surface area contributed by atoms with Crippen molar-refractivity contribution in [3.8, 4) is 0 Å². The summed E-state index contributed by atoms with van der Waals surface area (Å²) in [6, 6.07) is 0.336. The van der Waals surface area contributed by atoms with Crippen molar-refractivity contribution in [2.75, 3.05) is 19.6 Å². The van der Waals surface area contributed by atoms with E-state index in [1.807, 2.05) is 25.7 Å². The van der Waals surface area contributed by atoms with Gasteiger partial charge in [0.25, 0.3) is 0 Å². The van der Waals surface area contributed by atoms with Gasteiger partial charge in [0.1, 0.15) is 5.60 Å². The number of amides is 1. The van der Waals surface area contributed by atoms with Crippen LogP contribution in [-0.4, -0.2) is 42.3 Å². The fraction of sp³-hybridized carbons (Fsp3) is 0.929. The van der Waals surface area contributed by atoms with Crippen molar-refractivity contribution in [3.05, 3.63) is 0 Å². The smallest absolute Gasteiger partial charge is 0.410 e. The number of ether oxygens (including phenoxy) is 1. The number of nitrogens with zero attached hydrogens (tertiary/aromatic N) is 1. The summed E-state index contributed by atoms with van der Waals surface area (Å²) in [6.07, 6.45) is 3.21. The summed E-state index contributed by atoms with van der Waals surface area (Å²) in [4.78, 5) is 14.2. The Morgan fingerprint density at radius 1 is 1.44 bits per heavy atom. The Morgan fingerprint density at radius 2 is 2.17 bits per heavy atom. The quantitative estimate of drug-likeness (QED) is 0.781. The molecule has 0 saturated carbocycles. The predicted molar refractivity (Wildman–Crippen MR) is 71.6 cm³/mol. The van der Waals surface area contributed by atoms with E-state index in [0.717, 1.165) is 38.9 Å². The minimum atomic E-state index is -0.404. The molecule has 0 aromatic heterocycles. The average molecular weight is 254 g/mol. The molecule has 4 nitrogen and oxygen atoms in total. The van der Waals surface area contributed by atoms with Gasteiger partial charge in [-0.15, -0.1) is 0 Å². The maximum Gasteiger partial charge on any atom is 0.410 e. The molecule has 2 atom stereocenters. The van der Waals surface area contributed by atoms with Crippen molar-refractivity contribution in [2.24, 2.45) is 5.41 Å². The third-order valence-electron chi connectivity index (χ3n) is 4.09. The Kier molecular flexibility index (Phi) is 3.58. The lowest BCUT2D eigenvalue weighted by molar-refractivity contribution is 0.0106. The molecule has 2 fully saturated rings. The van der Waals surface area contributed by atoms with Crippen LogP contribution >= 0.6 is 0 Å². The topological polar surface area (TPSA) is 41.6 Å². The van der Waals surface area contributed by atoms with E-state index in [1.54, 1.807) is 0 Å². The molecule has 2 saturated heterocycles. The molecule has 0 aromatic rings. The van der Waals surface area contributed by atoms with Crippen LogP contribution in [0.2, 0.25) is 0 Å². The number of hydrogen-bond donors (Lipinski definition) is 1. The van der Waals surface area contributed by atoms with Crippen LogP contribution in [0.5, 0.6) is 0 Å². The Morgan fingerprint density at radius 3 is 2.72 bits per heavy atom. The van der Waals surface area contributed by atoms with Crippen LogP contribution < -0.4 is 5.32 Å². The number of hydrogen-bond acceptors (Lipinski definition) is 3. The van der Waals surface area contributed by atoms with E-state index in [0.29, 0.717) is 6.04 Å². The largest absolute Gasteiger partial charge is 0.444 e. The zero-order valence-corrected chi connectivity index (χ0v) is 12.1. The third kappa shape index (κ3) is 2.79. The summed E-state index contributed by atoms with van der Waals surface area (Å²) >= 11 is 0. The minimum absolute atomic E-state index is 0.141. The molecule has 18 heavy (non-hydrogen) atoms. The van der Waals surface area contributed by atoms with E-state index in [1.165, 1.54) is 0 Å². The van der Waals surface area contributed by atoms with Crippen molar-refractivity contribution in [2.45, 2.75) is 58.6 Å². The first kappa shape index (κ1) is 13.7. The number of rotatable bonds is 1. The zero-order valence-electron chi connectivity index (χ0n) is 12.1. The summed E-state index contributed by atoms with van der Waals surface area (Å²) in [7, 11) is 0. The first-order valence-electron chi connectivity index (χ1n) is 7.02. The normalized spacial score (nSPS) is 32.9. The molecule has 2 unspecified atom stereocenters. The molecule has 104 valence electrons. The monoisotopic (exact) mass is 254 g/mol. The van der Waals surface area contributed by atoms with Crippen LogP contribution in [0.1, 0.15) is 47.0 Å². The van der Waals surface area contributed by atoms with Gasteiger partial charge >= 0.3 is 6.09 Å². The van der Waals surface area contributed by atoms with Gasteiger partial charge in [0.2, 0.25) is 0 Å². The van der Waals surface area contributed by atoms with Crippen LogP contribution in [0.4, 0.5) is 4.79 Å². The lowest BCUT2D eigenvalue weighted by atomic mass is 9.80. The van der Waals surface area contributed by atoms with Crippen molar-refractivity contribution in [1.29, 1.82) is 0 Å². The van der Waals surface area contributed by atoms with Crippen LogP contribution in [0.25, 0.3) is 0 Å². The van der Waals surface area contributed by atoms with E-state index in [9.17, 15) is 4.79 Å². The van der Waals surface area contributed by atoms with E-state index < -0.39 is 5.60 Å². The molecule has 1 amide bonds. The van der Waals surface area contributed by atoms with Crippen LogP contribution in [-0.2, 0) is 4.74 Å². The molecule has 4 heteroatoms. The third-order valence-corrected chi connectivity index (χ3v) is 4.09. The second-order valence-corrected chi connectivity index (χ2v) is 6.91. The van der Waals surface area contributed by atoms with Gasteiger partial charge in [0.15, 0.2) is 0 Å². The Labute approximate surface area is 110 Å². The van der Waals surface area contributed by atoms with Gasteiger partial charge in [0, 0.05) is 24.5 Å². The van der Waals surface area contributed by atoms with Gasteiger partial charge in [-0.3, -0.25) is 0 Å². The van der Waals surface area contributed by atoms with E-state index >= 15 is 0 Å².